The van der Waals surface area contributed by atoms with Gasteiger partial charge < -0.3 is 10.6 Å². The molecule has 0 radical (unpaired) electrons. The molecule has 0 amide bonds. The minimum Gasteiger partial charge on any atom is -0.394 e. The van der Waals surface area contributed by atoms with Gasteiger partial charge in [0.1, 0.15) is 0 Å². The Morgan fingerprint density at radius 1 is 1.45 bits per heavy atom. The molecule has 1 atom stereocenters. The maximum atomic E-state index is 6.21. The van der Waals surface area contributed by atoms with E-state index in [0.29, 0.717) is 0 Å². The summed E-state index contributed by atoms with van der Waals surface area (Å²) in [4.78, 5) is 2.13. The van der Waals surface area contributed by atoms with Crippen molar-refractivity contribution in [3.05, 3.63) is 40.5 Å². The number of hydrogen-bond donors (Lipinski definition) is 1. The van der Waals surface area contributed by atoms with Crippen LogP contribution >= 0.6 is 11.6 Å². The lowest BCUT2D eigenvalue weighted by atomic mass is 10.1. The van der Waals surface area contributed by atoms with Crippen LogP contribution in [0.3, 0.4) is 0 Å². The van der Waals surface area contributed by atoms with E-state index in [1.165, 1.54) is 0 Å². The average molecular weight is 293 g/mol. The van der Waals surface area contributed by atoms with Crippen LogP contribution < -0.4 is 10.6 Å². The first-order valence-electron chi connectivity index (χ1n) is 6.75. The number of hydrogen-bond acceptors (Lipinski definition) is 3. The Kier molecular flexibility index (Phi) is 4.23. The highest BCUT2D eigenvalue weighted by Crippen LogP contribution is 2.32. The van der Waals surface area contributed by atoms with Gasteiger partial charge in [0.25, 0.3) is 0 Å². The lowest BCUT2D eigenvalue weighted by Crippen LogP contribution is -2.24. The highest BCUT2D eigenvalue weighted by Gasteiger charge is 2.20. The maximum absolute atomic E-state index is 6.21. The average Bonchev–Trinajstić information content (AvgIpc) is 2.71. The molecule has 0 aliphatic heterocycles. The summed E-state index contributed by atoms with van der Waals surface area (Å²) in [7, 11) is 3.95. The van der Waals surface area contributed by atoms with E-state index in [0.717, 1.165) is 34.2 Å². The SMILES string of the molecule is CCc1nn(C)c(N(C)C(C)c2cccc(Cl)c2)c1N. The highest BCUT2D eigenvalue weighted by atomic mass is 35.5. The Morgan fingerprint density at radius 2 is 2.15 bits per heavy atom. The van der Waals surface area contributed by atoms with E-state index < -0.39 is 0 Å². The monoisotopic (exact) mass is 292 g/mol. The molecule has 108 valence electrons. The molecule has 5 heteroatoms. The van der Waals surface area contributed by atoms with Crippen molar-refractivity contribution >= 4 is 23.1 Å². The van der Waals surface area contributed by atoms with E-state index in [-0.39, 0.29) is 6.04 Å². The Labute approximate surface area is 125 Å². The van der Waals surface area contributed by atoms with Crippen LogP contribution in [0.5, 0.6) is 0 Å². The molecule has 0 aliphatic carbocycles. The first-order chi connectivity index (χ1) is 9.45. The molecule has 4 nitrogen and oxygen atoms in total. The normalized spacial score (nSPS) is 12.4. The number of nitrogens with zero attached hydrogens (tertiary/aromatic N) is 3. The number of aromatic nitrogens is 2. The zero-order valence-corrected chi connectivity index (χ0v) is 13.1. The van der Waals surface area contributed by atoms with E-state index in [1.807, 2.05) is 37.0 Å². The topological polar surface area (TPSA) is 47.1 Å². The summed E-state index contributed by atoms with van der Waals surface area (Å²) < 4.78 is 1.84. The Hall–Kier alpha value is -1.68. The highest BCUT2D eigenvalue weighted by molar-refractivity contribution is 6.30. The van der Waals surface area contributed by atoms with Crippen LogP contribution in [-0.2, 0) is 13.5 Å². The standard InChI is InChI=1S/C15H21ClN4/c1-5-13-14(17)15(20(4)18-13)19(3)10(2)11-7-6-8-12(16)9-11/h6-10H,5,17H2,1-4H3. The minimum absolute atomic E-state index is 0.163. The molecule has 0 fully saturated rings. The Morgan fingerprint density at radius 3 is 2.70 bits per heavy atom. The molecule has 0 aliphatic rings. The first kappa shape index (κ1) is 14.7. The first-order valence-corrected chi connectivity index (χ1v) is 7.13. The van der Waals surface area contributed by atoms with Crippen molar-refractivity contribution in [2.24, 2.45) is 7.05 Å². The van der Waals surface area contributed by atoms with E-state index in [2.05, 4.69) is 29.9 Å². The molecule has 0 bridgehead atoms. The van der Waals surface area contributed by atoms with Crippen molar-refractivity contribution in [2.45, 2.75) is 26.3 Å². The third-order valence-corrected chi connectivity index (χ3v) is 3.95. The van der Waals surface area contributed by atoms with Crippen LogP contribution in [0.25, 0.3) is 0 Å². The predicted molar refractivity (Wildman–Crippen MR) is 85.3 cm³/mol. The summed E-state index contributed by atoms with van der Waals surface area (Å²) in [6.45, 7) is 4.19. The lowest BCUT2D eigenvalue weighted by Gasteiger charge is -2.27. The maximum Gasteiger partial charge on any atom is 0.150 e. The Balaban J connectivity index is 2.36. The van der Waals surface area contributed by atoms with Crippen molar-refractivity contribution in [3.8, 4) is 0 Å². The van der Waals surface area contributed by atoms with E-state index in [1.54, 1.807) is 0 Å². The molecule has 2 rings (SSSR count). The van der Waals surface area contributed by atoms with Gasteiger partial charge in [-0.1, -0.05) is 30.7 Å². The molecular weight excluding hydrogens is 272 g/mol. The smallest absolute Gasteiger partial charge is 0.150 e. The van der Waals surface area contributed by atoms with Gasteiger partial charge in [0.15, 0.2) is 5.82 Å². The Bertz CT molecular complexity index is 606. The van der Waals surface area contributed by atoms with Crippen molar-refractivity contribution in [2.75, 3.05) is 17.7 Å². The summed E-state index contributed by atoms with van der Waals surface area (Å²) in [5.74, 6) is 0.939. The molecule has 2 N–H and O–H groups in total. The summed E-state index contributed by atoms with van der Waals surface area (Å²) in [5, 5.41) is 5.21. The van der Waals surface area contributed by atoms with Gasteiger partial charge in [-0.05, 0) is 31.0 Å². The van der Waals surface area contributed by atoms with Crippen molar-refractivity contribution in [1.82, 2.24) is 9.78 Å². The van der Waals surface area contributed by atoms with Gasteiger partial charge in [0.05, 0.1) is 17.4 Å². The van der Waals surface area contributed by atoms with E-state index in [4.69, 9.17) is 17.3 Å². The fourth-order valence-electron chi connectivity index (χ4n) is 2.44. The lowest BCUT2D eigenvalue weighted by molar-refractivity contribution is 0.671. The molecule has 0 saturated heterocycles. The zero-order chi connectivity index (χ0) is 14.9. The number of halogens is 1. The molecule has 1 heterocycles. The van der Waals surface area contributed by atoms with Crippen molar-refractivity contribution < 1.29 is 0 Å². The van der Waals surface area contributed by atoms with Gasteiger partial charge in [-0.15, -0.1) is 0 Å². The molecule has 1 aromatic heterocycles. The largest absolute Gasteiger partial charge is 0.394 e. The number of nitrogen functional groups attached to an aromatic ring is 1. The van der Waals surface area contributed by atoms with Gasteiger partial charge in [-0.2, -0.15) is 5.10 Å². The van der Waals surface area contributed by atoms with Crippen LogP contribution in [0.15, 0.2) is 24.3 Å². The van der Waals surface area contributed by atoms with Crippen LogP contribution in [-0.4, -0.2) is 16.8 Å². The molecule has 0 spiro atoms. The van der Waals surface area contributed by atoms with Crippen LogP contribution in [0.1, 0.15) is 31.1 Å². The second-order valence-corrected chi connectivity index (χ2v) is 5.44. The fourth-order valence-corrected chi connectivity index (χ4v) is 2.64. The third kappa shape index (κ3) is 2.61. The third-order valence-electron chi connectivity index (χ3n) is 3.71. The number of anilines is 2. The van der Waals surface area contributed by atoms with E-state index >= 15 is 0 Å². The quantitative estimate of drug-likeness (QED) is 0.939. The van der Waals surface area contributed by atoms with Crippen LogP contribution in [0.4, 0.5) is 11.5 Å². The van der Waals surface area contributed by atoms with Gasteiger partial charge in [0.2, 0.25) is 0 Å². The number of rotatable bonds is 4. The summed E-state index contributed by atoms with van der Waals surface area (Å²) in [5.41, 5.74) is 9.06. The van der Waals surface area contributed by atoms with Crippen molar-refractivity contribution in [3.63, 3.8) is 0 Å². The molecule has 1 unspecified atom stereocenters. The van der Waals surface area contributed by atoms with Crippen LogP contribution in [0, 0.1) is 0 Å². The molecule has 20 heavy (non-hydrogen) atoms. The molecule has 0 saturated carbocycles. The minimum atomic E-state index is 0.163. The second kappa shape index (κ2) is 5.75. The zero-order valence-electron chi connectivity index (χ0n) is 12.4. The molecular formula is C15H21ClN4. The van der Waals surface area contributed by atoms with Gasteiger partial charge >= 0.3 is 0 Å². The summed E-state index contributed by atoms with van der Waals surface area (Å²) in [6, 6.07) is 8.06. The van der Waals surface area contributed by atoms with Crippen LogP contribution in [0.2, 0.25) is 5.02 Å². The van der Waals surface area contributed by atoms with Crippen molar-refractivity contribution in [1.29, 1.82) is 0 Å². The van der Waals surface area contributed by atoms with Gasteiger partial charge in [-0.25, -0.2) is 0 Å². The summed E-state index contributed by atoms with van der Waals surface area (Å²) >= 11 is 6.07. The van der Waals surface area contributed by atoms with E-state index in [9.17, 15) is 0 Å². The molecule has 2 aromatic rings. The van der Waals surface area contributed by atoms with Gasteiger partial charge in [-0.3, -0.25) is 4.68 Å². The number of nitrogens with two attached hydrogens (primary N) is 1. The number of aryl methyl sites for hydroxylation is 2. The second-order valence-electron chi connectivity index (χ2n) is 5.00. The predicted octanol–water partition coefficient (Wildman–Crippen LogP) is 3.42. The number of benzene rings is 1. The van der Waals surface area contributed by atoms with Gasteiger partial charge in [0, 0.05) is 19.1 Å². The fraction of sp³-hybridized carbons (Fsp3) is 0.400. The summed E-state index contributed by atoms with van der Waals surface area (Å²) in [6.07, 6.45) is 0.832. The molecule has 1 aromatic carbocycles.